The Balaban J connectivity index is 2.34. The average Bonchev–Trinajstić information content (AvgIpc) is 2.75. The molecule has 6 heteroatoms. The van der Waals surface area contributed by atoms with Crippen molar-refractivity contribution in [2.24, 2.45) is 0 Å². The zero-order chi connectivity index (χ0) is 16.1. The highest BCUT2D eigenvalue weighted by molar-refractivity contribution is 5.69. The minimum Gasteiger partial charge on any atom is -0.469 e. The Bertz CT molecular complexity index is 377. The molecule has 1 aliphatic rings. The molecule has 1 saturated heterocycles. The van der Waals surface area contributed by atoms with Gasteiger partial charge in [0.25, 0.3) is 0 Å². The van der Waals surface area contributed by atoms with Gasteiger partial charge in [-0.05, 0) is 40.5 Å². The van der Waals surface area contributed by atoms with Crippen LogP contribution in [0.15, 0.2) is 0 Å². The summed E-state index contributed by atoms with van der Waals surface area (Å²) in [7, 11) is 1.38. The van der Waals surface area contributed by atoms with Gasteiger partial charge in [0.1, 0.15) is 5.60 Å². The Hall–Kier alpha value is -1.30. The Morgan fingerprint density at radius 3 is 2.52 bits per heavy atom. The molecular weight excluding hydrogens is 274 g/mol. The average molecular weight is 301 g/mol. The van der Waals surface area contributed by atoms with Crippen molar-refractivity contribution in [3.63, 3.8) is 0 Å². The Morgan fingerprint density at radius 1 is 1.29 bits per heavy atom. The minimum absolute atomic E-state index is 0.231. The monoisotopic (exact) mass is 301 g/mol. The second-order valence-electron chi connectivity index (χ2n) is 6.63. The number of amides is 1. The van der Waals surface area contributed by atoms with Gasteiger partial charge in [-0.15, -0.1) is 0 Å². The lowest BCUT2D eigenvalue weighted by Crippen LogP contribution is -2.39. The lowest BCUT2D eigenvalue weighted by Gasteiger charge is -2.27. The van der Waals surface area contributed by atoms with Gasteiger partial charge in [-0.1, -0.05) is 0 Å². The molecule has 21 heavy (non-hydrogen) atoms. The number of ether oxygens (including phenoxy) is 3. The van der Waals surface area contributed by atoms with Gasteiger partial charge in [0.15, 0.2) is 0 Å². The summed E-state index contributed by atoms with van der Waals surface area (Å²) in [6.45, 7) is 9.16. The van der Waals surface area contributed by atoms with E-state index < -0.39 is 5.60 Å². The molecule has 0 saturated carbocycles. The Labute approximate surface area is 126 Å². The minimum atomic E-state index is -0.489. The van der Waals surface area contributed by atoms with E-state index in [0.29, 0.717) is 32.5 Å². The standard InChI is InChI=1S/C15H27NO5/c1-14(2,3)21-13(18)16-9-8-15(4,11-16)20-10-6-7-12(17)19-5/h6-11H2,1-5H3. The Morgan fingerprint density at radius 2 is 1.95 bits per heavy atom. The van der Waals surface area contributed by atoms with Crippen LogP contribution in [0.1, 0.15) is 47.0 Å². The largest absolute Gasteiger partial charge is 0.469 e. The highest BCUT2D eigenvalue weighted by atomic mass is 16.6. The van der Waals surface area contributed by atoms with E-state index in [0.717, 1.165) is 6.42 Å². The van der Waals surface area contributed by atoms with Gasteiger partial charge in [0, 0.05) is 19.6 Å². The van der Waals surface area contributed by atoms with Crippen molar-refractivity contribution in [3.05, 3.63) is 0 Å². The van der Waals surface area contributed by atoms with Crippen LogP contribution in [-0.4, -0.2) is 55.0 Å². The maximum Gasteiger partial charge on any atom is 0.410 e. The van der Waals surface area contributed by atoms with E-state index in [4.69, 9.17) is 9.47 Å². The van der Waals surface area contributed by atoms with Gasteiger partial charge in [-0.25, -0.2) is 4.79 Å². The van der Waals surface area contributed by atoms with Crippen LogP contribution in [0.25, 0.3) is 0 Å². The smallest absolute Gasteiger partial charge is 0.410 e. The zero-order valence-corrected chi connectivity index (χ0v) is 13.7. The Kier molecular flexibility index (Phi) is 6.01. The van der Waals surface area contributed by atoms with E-state index in [1.54, 1.807) is 4.90 Å². The lowest BCUT2D eigenvalue weighted by atomic mass is 10.1. The summed E-state index contributed by atoms with van der Waals surface area (Å²) >= 11 is 0. The van der Waals surface area contributed by atoms with E-state index in [9.17, 15) is 9.59 Å². The number of likely N-dealkylation sites (tertiary alicyclic amines) is 1. The van der Waals surface area contributed by atoms with Gasteiger partial charge >= 0.3 is 12.1 Å². The van der Waals surface area contributed by atoms with Crippen LogP contribution in [0.5, 0.6) is 0 Å². The van der Waals surface area contributed by atoms with Crippen LogP contribution in [0, 0.1) is 0 Å². The molecule has 0 radical (unpaired) electrons. The fraction of sp³-hybridized carbons (Fsp3) is 0.867. The molecule has 1 aliphatic heterocycles. The number of carbonyl (C=O) groups is 2. The van der Waals surface area contributed by atoms with Crippen molar-refractivity contribution in [2.75, 3.05) is 26.8 Å². The second kappa shape index (κ2) is 7.11. The third kappa shape index (κ3) is 6.33. The van der Waals surface area contributed by atoms with Crippen molar-refractivity contribution in [3.8, 4) is 0 Å². The summed E-state index contributed by atoms with van der Waals surface area (Å²) in [6.07, 6.45) is 1.44. The first-order chi connectivity index (χ1) is 9.65. The van der Waals surface area contributed by atoms with E-state index in [2.05, 4.69) is 4.74 Å². The zero-order valence-electron chi connectivity index (χ0n) is 13.7. The van der Waals surface area contributed by atoms with Gasteiger partial charge in [-0.2, -0.15) is 0 Å². The molecule has 1 rings (SSSR count). The molecular formula is C15H27NO5. The van der Waals surface area contributed by atoms with Crippen molar-refractivity contribution in [1.29, 1.82) is 0 Å². The highest BCUT2D eigenvalue weighted by Gasteiger charge is 2.38. The maximum absolute atomic E-state index is 12.0. The van der Waals surface area contributed by atoms with E-state index >= 15 is 0 Å². The molecule has 0 N–H and O–H groups in total. The fourth-order valence-corrected chi connectivity index (χ4v) is 2.17. The van der Waals surface area contributed by atoms with Gasteiger partial charge in [0.05, 0.1) is 19.3 Å². The van der Waals surface area contributed by atoms with Crippen LogP contribution < -0.4 is 0 Å². The number of methoxy groups -OCH3 is 1. The first-order valence-corrected chi connectivity index (χ1v) is 7.34. The van der Waals surface area contributed by atoms with Crippen molar-refractivity contribution in [1.82, 2.24) is 4.90 Å². The third-order valence-electron chi connectivity index (χ3n) is 3.29. The quantitative estimate of drug-likeness (QED) is 0.576. The molecule has 0 aromatic rings. The van der Waals surface area contributed by atoms with Gasteiger partial charge < -0.3 is 19.1 Å². The van der Waals surface area contributed by atoms with Crippen LogP contribution in [-0.2, 0) is 19.0 Å². The molecule has 0 spiro atoms. The summed E-state index contributed by atoms with van der Waals surface area (Å²) in [6, 6.07) is 0. The lowest BCUT2D eigenvalue weighted by molar-refractivity contribution is -0.141. The van der Waals surface area contributed by atoms with Gasteiger partial charge in [-0.3, -0.25) is 4.79 Å². The van der Waals surface area contributed by atoms with Crippen molar-refractivity contribution in [2.45, 2.75) is 58.2 Å². The van der Waals surface area contributed by atoms with Crippen LogP contribution in [0.4, 0.5) is 4.79 Å². The summed E-state index contributed by atoms with van der Waals surface area (Å²) in [5, 5.41) is 0. The molecule has 1 heterocycles. The molecule has 0 aliphatic carbocycles. The topological polar surface area (TPSA) is 65.1 Å². The highest BCUT2D eigenvalue weighted by Crippen LogP contribution is 2.26. The third-order valence-corrected chi connectivity index (χ3v) is 3.29. The summed E-state index contributed by atoms with van der Waals surface area (Å²) < 4.78 is 15.8. The number of carbonyl (C=O) groups excluding carboxylic acids is 2. The molecule has 1 unspecified atom stereocenters. The number of esters is 1. The predicted octanol–water partition coefficient (Wildman–Crippen LogP) is 2.36. The SMILES string of the molecule is COC(=O)CCCOC1(C)CCN(C(=O)OC(C)(C)C)C1. The van der Waals surface area contributed by atoms with Crippen LogP contribution in [0.3, 0.4) is 0 Å². The predicted molar refractivity (Wildman–Crippen MR) is 78.0 cm³/mol. The number of hydrogen-bond donors (Lipinski definition) is 0. The molecule has 0 bridgehead atoms. The van der Waals surface area contributed by atoms with Gasteiger partial charge in [0.2, 0.25) is 0 Å². The second-order valence-corrected chi connectivity index (χ2v) is 6.63. The molecule has 1 amide bonds. The molecule has 1 atom stereocenters. The molecule has 6 nitrogen and oxygen atoms in total. The normalized spacial score (nSPS) is 22.2. The van der Waals surface area contributed by atoms with Crippen molar-refractivity contribution < 1.29 is 23.8 Å². The van der Waals surface area contributed by atoms with Crippen molar-refractivity contribution >= 4 is 12.1 Å². The van der Waals surface area contributed by atoms with Crippen LogP contribution in [0.2, 0.25) is 0 Å². The molecule has 122 valence electrons. The number of hydrogen-bond acceptors (Lipinski definition) is 5. The first kappa shape index (κ1) is 17.8. The van der Waals surface area contributed by atoms with E-state index in [1.807, 2.05) is 27.7 Å². The number of rotatable bonds is 5. The first-order valence-electron chi connectivity index (χ1n) is 7.34. The van der Waals surface area contributed by atoms with E-state index in [1.165, 1.54) is 7.11 Å². The summed E-state index contributed by atoms with van der Waals surface area (Å²) in [5.74, 6) is -0.231. The number of nitrogens with zero attached hydrogens (tertiary/aromatic N) is 1. The molecule has 0 aromatic carbocycles. The van der Waals surface area contributed by atoms with E-state index in [-0.39, 0.29) is 17.7 Å². The van der Waals surface area contributed by atoms with Crippen LogP contribution >= 0.6 is 0 Å². The molecule has 0 aromatic heterocycles. The maximum atomic E-state index is 12.0. The fourth-order valence-electron chi connectivity index (χ4n) is 2.17. The molecule has 1 fully saturated rings. The summed E-state index contributed by atoms with van der Waals surface area (Å²) in [4.78, 5) is 24.7. The summed E-state index contributed by atoms with van der Waals surface area (Å²) in [5.41, 5.74) is -0.857.